The molecule has 0 spiro atoms. The average molecular weight is 352 g/mol. The summed E-state index contributed by atoms with van der Waals surface area (Å²) in [6, 6.07) is 11.6. The first-order valence-corrected chi connectivity index (χ1v) is 8.84. The minimum Gasteiger partial charge on any atom is -0.310 e. The summed E-state index contributed by atoms with van der Waals surface area (Å²) >= 11 is 5.45. The van der Waals surface area contributed by atoms with E-state index in [0.29, 0.717) is 12.0 Å². The number of benzene rings is 1. The number of nitrogens with one attached hydrogen (secondary N) is 1. The van der Waals surface area contributed by atoms with E-state index in [1.165, 1.54) is 20.5 Å². The van der Waals surface area contributed by atoms with Gasteiger partial charge in [-0.05, 0) is 51.0 Å². The van der Waals surface area contributed by atoms with Crippen LogP contribution in [-0.2, 0) is 6.42 Å². The van der Waals surface area contributed by atoms with Crippen LogP contribution < -0.4 is 5.32 Å². The molecule has 0 aliphatic carbocycles. The monoisotopic (exact) mass is 351 g/mol. The first-order chi connectivity index (χ1) is 9.61. The number of hydrogen-bond donors (Lipinski definition) is 1. The zero-order valence-electron chi connectivity index (χ0n) is 12.3. The molecule has 0 bridgehead atoms. The van der Waals surface area contributed by atoms with Crippen LogP contribution in [0.4, 0.5) is 0 Å². The molecule has 2 rings (SSSR count). The van der Waals surface area contributed by atoms with Crippen molar-refractivity contribution < 1.29 is 0 Å². The van der Waals surface area contributed by atoms with Crippen molar-refractivity contribution in [2.24, 2.45) is 0 Å². The van der Waals surface area contributed by atoms with Gasteiger partial charge in [-0.2, -0.15) is 0 Å². The van der Waals surface area contributed by atoms with E-state index in [1.807, 2.05) is 11.3 Å². The van der Waals surface area contributed by atoms with Gasteiger partial charge in [0.2, 0.25) is 0 Å². The third-order valence-corrected chi connectivity index (χ3v) is 5.49. The minimum absolute atomic E-state index is 0.385. The largest absolute Gasteiger partial charge is 0.310 e. The van der Waals surface area contributed by atoms with Gasteiger partial charge in [0.15, 0.2) is 0 Å². The maximum absolute atomic E-state index is 3.63. The summed E-state index contributed by atoms with van der Waals surface area (Å²) in [5, 5.41) is 5.74. The van der Waals surface area contributed by atoms with Gasteiger partial charge in [0.1, 0.15) is 0 Å². The van der Waals surface area contributed by atoms with Crippen LogP contribution in [-0.4, -0.2) is 6.54 Å². The van der Waals surface area contributed by atoms with Crippen molar-refractivity contribution in [2.45, 2.75) is 39.2 Å². The molecule has 0 saturated carbocycles. The first kappa shape index (κ1) is 15.7. The highest BCUT2D eigenvalue weighted by Crippen LogP contribution is 2.29. The van der Waals surface area contributed by atoms with Gasteiger partial charge in [0.25, 0.3) is 0 Å². The SMILES string of the molecule is CCNC(Cc1sccc1Br)c1ccc(C(C)C)cc1. The summed E-state index contributed by atoms with van der Waals surface area (Å²) in [6.45, 7) is 7.62. The highest BCUT2D eigenvalue weighted by Gasteiger charge is 2.14. The van der Waals surface area contributed by atoms with E-state index in [1.54, 1.807) is 0 Å². The van der Waals surface area contributed by atoms with Gasteiger partial charge in [0.05, 0.1) is 0 Å². The van der Waals surface area contributed by atoms with Gasteiger partial charge >= 0.3 is 0 Å². The van der Waals surface area contributed by atoms with E-state index >= 15 is 0 Å². The van der Waals surface area contributed by atoms with Crippen molar-refractivity contribution in [3.8, 4) is 0 Å². The zero-order valence-corrected chi connectivity index (χ0v) is 14.7. The van der Waals surface area contributed by atoms with Gasteiger partial charge in [-0.15, -0.1) is 11.3 Å². The molecule has 20 heavy (non-hydrogen) atoms. The molecule has 108 valence electrons. The second-order valence-electron chi connectivity index (χ2n) is 5.33. The highest BCUT2D eigenvalue weighted by molar-refractivity contribution is 9.10. The zero-order chi connectivity index (χ0) is 14.5. The Hall–Kier alpha value is -0.640. The number of likely N-dealkylation sites (N-methyl/N-ethyl adjacent to an activating group) is 1. The quantitative estimate of drug-likeness (QED) is 0.721. The van der Waals surface area contributed by atoms with Crippen molar-refractivity contribution >= 4 is 27.3 Å². The predicted molar refractivity (Wildman–Crippen MR) is 92.7 cm³/mol. The fourth-order valence-electron chi connectivity index (χ4n) is 2.32. The normalized spacial score (nSPS) is 12.8. The molecule has 2 aromatic rings. The molecule has 1 heterocycles. The van der Waals surface area contributed by atoms with Crippen molar-refractivity contribution in [2.75, 3.05) is 6.54 Å². The Labute approximate surface area is 134 Å². The second-order valence-corrected chi connectivity index (χ2v) is 7.18. The molecule has 0 aliphatic heterocycles. The van der Waals surface area contributed by atoms with Crippen molar-refractivity contribution in [1.82, 2.24) is 5.32 Å². The van der Waals surface area contributed by atoms with Crippen LogP contribution in [0.25, 0.3) is 0 Å². The van der Waals surface area contributed by atoms with Crippen LogP contribution >= 0.6 is 27.3 Å². The van der Waals surface area contributed by atoms with E-state index in [0.717, 1.165) is 13.0 Å². The Morgan fingerprint density at radius 2 is 1.75 bits per heavy atom. The van der Waals surface area contributed by atoms with Crippen LogP contribution in [0.1, 0.15) is 48.7 Å². The van der Waals surface area contributed by atoms with E-state index < -0.39 is 0 Å². The number of thiophene rings is 1. The summed E-state index contributed by atoms with van der Waals surface area (Å²) in [5.74, 6) is 0.591. The molecule has 0 amide bonds. The lowest BCUT2D eigenvalue weighted by atomic mass is 9.97. The van der Waals surface area contributed by atoms with Crippen molar-refractivity contribution in [1.29, 1.82) is 0 Å². The number of halogens is 1. The highest BCUT2D eigenvalue weighted by atomic mass is 79.9. The summed E-state index contributed by atoms with van der Waals surface area (Å²) in [7, 11) is 0. The van der Waals surface area contributed by atoms with E-state index in [2.05, 4.69) is 77.7 Å². The Kier molecular flexibility index (Phi) is 5.82. The Morgan fingerprint density at radius 1 is 1.10 bits per heavy atom. The van der Waals surface area contributed by atoms with E-state index in [-0.39, 0.29) is 0 Å². The summed E-state index contributed by atoms with van der Waals surface area (Å²) in [6.07, 6.45) is 1.03. The smallest absolute Gasteiger partial charge is 0.0369 e. The third-order valence-electron chi connectivity index (χ3n) is 3.54. The maximum atomic E-state index is 3.63. The lowest BCUT2D eigenvalue weighted by Crippen LogP contribution is -2.22. The molecule has 1 aromatic heterocycles. The molecular formula is C17H22BrNS. The standard InChI is InChI=1S/C17H22BrNS/c1-4-19-16(11-17-15(18)9-10-20-17)14-7-5-13(6-8-14)12(2)3/h5-10,12,16,19H,4,11H2,1-3H3. The molecular weight excluding hydrogens is 330 g/mol. The predicted octanol–water partition coefficient (Wildman–Crippen LogP) is 5.53. The minimum atomic E-state index is 0.385. The van der Waals surface area contributed by atoms with Crippen LogP contribution in [0.5, 0.6) is 0 Å². The molecule has 0 saturated heterocycles. The van der Waals surface area contributed by atoms with Gasteiger partial charge in [-0.3, -0.25) is 0 Å². The van der Waals surface area contributed by atoms with Crippen LogP contribution in [0.3, 0.4) is 0 Å². The average Bonchev–Trinajstić information content (AvgIpc) is 2.84. The molecule has 1 aromatic carbocycles. The molecule has 0 fully saturated rings. The Balaban J connectivity index is 2.17. The molecule has 3 heteroatoms. The number of rotatable bonds is 6. The van der Waals surface area contributed by atoms with E-state index in [9.17, 15) is 0 Å². The van der Waals surface area contributed by atoms with Crippen LogP contribution in [0, 0.1) is 0 Å². The lowest BCUT2D eigenvalue weighted by Gasteiger charge is -2.19. The Bertz CT molecular complexity index is 530. The third kappa shape index (κ3) is 3.94. The maximum Gasteiger partial charge on any atom is 0.0369 e. The fraction of sp³-hybridized carbons (Fsp3) is 0.412. The number of hydrogen-bond acceptors (Lipinski definition) is 2. The topological polar surface area (TPSA) is 12.0 Å². The first-order valence-electron chi connectivity index (χ1n) is 7.17. The van der Waals surface area contributed by atoms with Crippen molar-refractivity contribution in [3.63, 3.8) is 0 Å². The van der Waals surface area contributed by atoms with Crippen molar-refractivity contribution in [3.05, 3.63) is 56.2 Å². The summed E-state index contributed by atoms with van der Waals surface area (Å²) in [4.78, 5) is 1.41. The van der Waals surface area contributed by atoms with Gasteiger partial charge in [-0.1, -0.05) is 45.0 Å². The lowest BCUT2D eigenvalue weighted by molar-refractivity contribution is 0.552. The second kappa shape index (κ2) is 7.39. The van der Waals surface area contributed by atoms with Gasteiger partial charge < -0.3 is 5.32 Å². The fourth-order valence-corrected chi connectivity index (χ4v) is 3.88. The summed E-state index contributed by atoms with van der Waals surface area (Å²) in [5.41, 5.74) is 2.78. The van der Waals surface area contributed by atoms with E-state index in [4.69, 9.17) is 0 Å². The van der Waals surface area contributed by atoms with Gasteiger partial charge in [0, 0.05) is 21.8 Å². The molecule has 1 unspecified atom stereocenters. The Morgan fingerprint density at radius 3 is 2.25 bits per heavy atom. The summed E-state index contributed by atoms with van der Waals surface area (Å²) < 4.78 is 1.23. The molecule has 0 aliphatic rings. The molecule has 1 N–H and O–H groups in total. The molecule has 1 atom stereocenters. The van der Waals surface area contributed by atoms with Gasteiger partial charge in [-0.25, -0.2) is 0 Å². The van der Waals surface area contributed by atoms with Crippen LogP contribution in [0.15, 0.2) is 40.2 Å². The molecule has 0 radical (unpaired) electrons. The molecule has 1 nitrogen and oxygen atoms in total. The van der Waals surface area contributed by atoms with Crippen LogP contribution in [0.2, 0.25) is 0 Å².